The number of nitrogens with zero attached hydrogens (tertiary/aromatic N) is 2. The molecule has 2 heterocycles. The van der Waals surface area contributed by atoms with Crippen LogP contribution in [0.2, 0.25) is 5.15 Å². The molecule has 0 fully saturated rings. The molecule has 0 atom stereocenters. The van der Waals surface area contributed by atoms with Crippen molar-refractivity contribution in [3.63, 3.8) is 0 Å². The molecule has 3 nitrogen and oxygen atoms in total. The summed E-state index contributed by atoms with van der Waals surface area (Å²) in [6.45, 7) is 1.80. The first-order valence-electron chi connectivity index (χ1n) is 6.71. The minimum atomic E-state index is -0.443. The zero-order valence-corrected chi connectivity index (χ0v) is 13.9. The van der Waals surface area contributed by atoms with Gasteiger partial charge in [0.15, 0.2) is 5.82 Å². The fourth-order valence-corrected chi connectivity index (χ4v) is 3.03. The maximum absolute atomic E-state index is 14.4. The number of thioether (sulfide) groups is 1. The van der Waals surface area contributed by atoms with E-state index in [1.165, 1.54) is 30.0 Å². The van der Waals surface area contributed by atoms with Gasteiger partial charge in [0.2, 0.25) is 0 Å². The Morgan fingerprint density at radius 3 is 2.61 bits per heavy atom. The summed E-state index contributed by atoms with van der Waals surface area (Å²) in [7, 11) is 0. The second kappa shape index (κ2) is 6.29. The van der Waals surface area contributed by atoms with Gasteiger partial charge in [0.25, 0.3) is 0 Å². The molecular formula is C16H12ClF2N3S. The van der Waals surface area contributed by atoms with Gasteiger partial charge in [-0.1, -0.05) is 11.6 Å². The first kappa shape index (κ1) is 16.0. The average Bonchev–Trinajstić information content (AvgIpc) is 2.89. The molecule has 1 aromatic carbocycles. The monoisotopic (exact) mass is 351 g/mol. The average molecular weight is 352 g/mol. The Morgan fingerprint density at radius 1 is 1.22 bits per heavy atom. The minimum Gasteiger partial charge on any atom is -0.327 e. The standard InChI is InChI=1S/C16H12ClF2N3S/c1-8-5-10(23-2)6-11(19)13(8)14-15(17)22-16(21-14)12-4-3-9(18)7-20-12/h3-7H,1-2H3,(H,21,22). The first-order valence-corrected chi connectivity index (χ1v) is 8.32. The molecule has 3 rings (SSSR count). The van der Waals surface area contributed by atoms with Gasteiger partial charge in [0, 0.05) is 10.5 Å². The van der Waals surface area contributed by atoms with Gasteiger partial charge in [-0.25, -0.2) is 18.7 Å². The molecule has 0 unspecified atom stereocenters. The van der Waals surface area contributed by atoms with Crippen LogP contribution in [0.5, 0.6) is 0 Å². The Morgan fingerprint density at radius 2 is 2.00 bits per heavy atom. The van der Waals surface area contributed by atoms with E-state index in [1.807, 2.05) is 12.3 Å². The summed E-state index contributed by atoms with van der Waals surface area (Å²) < 4.78 is 27.4. The fraction of sp³-hybridized carbons (Fsp3) is 0.125. The second-order valence-corrected chi connectivity index (χ2v) is 6.17. The lowest BCUT2D eigenvalue weighted by atomic mass is 10.1. The topological polar surface area (TPSA) is 41.6 Å². The lowest BCUT2D eigenvalue weighted by molar-refractivity contribution is 0.621. The number of aryl methyl sites for hydroxylation is 1. The van der Waals surface area contributed by atoms with Crippen LogP contribution in [0.15, 0.2) is 35.4 Å². The molecule has 2 aromatic heterocycles. The van der Waals surface area contributed by atoms with E-state index < -0.39 is 5.82 Å². The molecule has 0 saturated carbocycles. The highest BCUT2D eigenvalue weighted by molar-refractivity contribution is 7.98. The van der Waals surface area contributed by atoms with Gasteiger partial charge < -0.3 is 4.98 Å². The lowest BCUT2D eigenvalue weighted by Crippen LogP contribution is -1.92. The third-order valence-electron chi connectivity index (χ3n) is 3.36. The van der Waals surface area contributed by atoms with E-state index in [0.717, 1.165) is 16.7 Å². The highest BCUT2D eigenvalue weighted by Gasteiger charge is 2.19. The maximum Gasteiger partial charge on any atom is 0.157 e. The summed E-state index contributed by atoms with van der Waals surface area (Å²) in [5.41, 5.74) is 1.83. The molecule has 0 spiro atoms. The van der Waals surface area contributed by atoms with Crippen LogP contribution < -0.4 is 0 Å². The highest BCUT2D eigenvalue weighted by Crippen LogP contribution is 2.34. The van der Waals surface area contributed by atoms with Gasteiger partial charge in [-0.3, -0.25) is 0 Å². The number of rotatable bonds is 3. The summed E-state index contributed by atoms with van der Waals surface area (Å²) in [5.74, 6) is -0.472. The highest BCUT2D eigenvalue weighted by atomic mass is 35.5. The first-order chi connectivity index (χ1) is 11.0. The van der Waals surface area contributed by atoms with Crippen LogP contribution >= 0.6 is 23.4 Å². The van der Waals surface area contributed by atoms with Gasteiger partial charge in [-0.05, 0) is 43.0 Å². The predicted molar refractivity (Wildman–Crippen MR) is 88.7 cm³/mol. The van der Waals surface area contributed by atoms with Crippen molar-refractivity contribution in [2.75, 3.05) is 6.26 Å². The smallest absolute Gasteiger partial charge is 0.157 e. The Kier molecular flexibility index (Phi) is 4.37. The number of nitrogens with one attached hydrogen (secondary N) is 1. The molecule has 0 radical (unpaired) electrons. The Bertz CT molecular complexity index is 839. The Labute approximate surface area is 141 Å². The summed E-state index contributed by atoms with van der Waals surface area (Å²) in [6, 6.07) is 6.09. The number of hydrogen-bond donors (Lipinski definition) is 1. The number of aromatic amines is 1. The van der Waals surface area contributed by atoms with Gasteiger partial charge in [0.05, 0.1) is 6.20 Å². The molecular weight excluding hydrogens is 340 g/mol. The summed E-state index contributed by atoms with van der Waals surface area (Å²) in [4.78, 5) is 12.0. The molecule has 0 aliphatic heterocycles. The maximum atomic E-state index is 14.4. The van der Waals surface area contributed by atoms with Crippen molar-refractivity contribution >= 4 is 23.4 Å². The third kappa shape index (κ3) is 3.09. The van der Waals surface area contributed by atoms with Gasteiger partial charge in [-0.15, -0.1) is 11.8 Å². The van der Waals surface area contributed by atoms with Crippen LogP contribution in [-0.2, 0) is 0 Å². The molecule has 0 aliphatic carbocycles. The van der Waals surface area contributed by atoms with Crippen LogP contribution in [0, 0.1) is 18.6 Å². The molecule has 0 aliphatic rings. The zero-order valence-electron chi connectivity index (χ0n) is 12.3. The van der Waals surface area contributed by atoms with Crippen molar-refractivity contribution in [1.82, 2.24) is 15.0 Å². The van der Waals surface area contributed by atoms with E-state index in [4.69, 9.17) is 11.6 Å². The van der Waals surface area contributed by atoms with Gasteiger partial charge >= 0.3 is 0 Å². The van der Waals surface area contributed by atoms with Crippen molar-refractivity contribution in [2.24, 2.45) is 0 Å². The quantitative estimate of drug-likeness (QED) is 0.667. The Hall–Kier alpha value is -1.92. The number of aromatic nitrogens is 3. The SMILES string of the molecule is CSc1cc(C)c(-c2nc(-c3ccc(F)cn3)[nH]c2Cl)c(F)c1. The summed E-state index contributed by atoms with van der Waals surface area (Å²) in [5, 5.41) is 0.213. The summed E-state index contributed by atoms with van der Waals surface area (Å²) >= 11 is 7.65. The van der Waals surface area contributed by atoms with Crippen LogP contribution in [0.25, 0.3) is 22.8 Å². The van der Waals surface area contributed by atoms with Crippen molar-refractivity contribution in [3.8, 4) is 22.8 Å². The second-order valence-electron chi connectivity index (χ2n) is 4.91. The molecule has 0 saturated heterocycles. The number of pyridine rings is 1. The number of imidazole rings is 1. The van der Waals surface area contributed by atoms with Crippen LogP contribution in [0.3, 0.4) is 0 Å². The zero-order chi connectivity index (χ0) is 16.6. The van der Waals surface area contributed by atoms with Crippen molar-refractivity contribution in [1.29, 1.82) is 0 Å². The van der Waals surface area contributed by atoms with E-state index in [-0.39, 0.29) is 11.0 Å². The van der Waals surface area contributed by atoms with Crippen LogP contribution in [0.1, 0.15) is 5.56 Å². The molecule has 118 valence electrons. The van der Waals surface area contributed by atoms with Crippen LogP contribution in [0.4, 0.5) is 8.78 Å². The number of benzene rings is 1. The molecule has 3 aromatic rings. The van der Waals surface area contributed by atoms with E-state index in [9.17, 15) is 8.78 Å². The van der Waals surface area contributed by atoms with Crippen molar-refractivity contribution in [2.45, 2.75) is 11.8 Å². The lowest BCUT2D eigenvalue weighted by Gasteiger charge is -2.07. The minimum absolute atomic E-state index is 0.213. The molecule has 1 N–H and O–H groups in total. The molecule has 23 heavy (non-hydrogen) atoms. The van der Waals surface area contributed by atoms with Crippen molar-refractivity contribution < 1.29 is 8.78 Å². The van der Waals surface area contributed by atoms with Crippen molar-refractivity contribution in [3.05, 3.63) is 52.8 Å². The number of hydrogen-bond acceptors (Lipinski definition) is 3. The van der Waals surface area contributed by atoms with Gasteiger partial charge in [-0.2, -0.15) is 0 Å². The normalized spacial score (nSPS) is 11.0. The van der Waals surface area contributed by atoms with E-state index in [2.05, 4.69) is 15.0 Å². The summed E-state index contributed by atoms with van der Waals surface area (Å²) in [6.07, 6.45) is 2.97. The van der Waals surface area contributed by atoms with E-state index in [1.54, 1.807) is 6.92 Å². The predicted octanol–water partition coefficient (Wildman–Crippen LogP) is 5.10. The van der Waals surface area contributed by atoms with E-state index in [0.29, 0.717) is 22.8 Å². The fourth-order valence-electron chi connectivity index (χ4n) is 2.29. The largest absolute Gasteiger partial charge is 0.327 e. The van der Waals surface area contributed by atoms with Crippen LogP contribution in [-0.4, -0.2) is 21.2 Å². The number of H-pyrrole nitrogens is 1. The Balaban J connectivity index is 2.10. The number of halogens is 3. The third-order valence-corrected chi connectivity index (χ3v) is 4.34. The molecule has 0 bridgehead atoms. The molecule has 7 heteroatoms. The van der Waals surface area contributed by atoms with Gasteiger partial charge in [0.1, 0.15) is 28.2 Å². The van der Waals surface area contributed by atoms with E-state index >= 15 is 0 Å². The molecule has 0 amide bonds.